The minimum atomic E-state index is -0.0864. The van der Waals surface area contributed by atoms with Crippen LogP contribution < -0.4 is 15.0 Å². The number of ether oxygens (including phenoxy) is 1. The molecule has 0 aromatic heterocycles. The van der Waals surface area contributed by atoms with Gasteiger partial charge in [-0.25, -0.2) is 0 Å². The first kappa shape index (κ1) is 18.0. The molecule has 0 atom stereocenters. The second-order valence-corrected chi connectivity index (χ2v) is 6.61. The molecule has 2 amide bonds. The summed E-state index contributed by atoms with van der Waals surface area (Å²) in [5, 5.41) is 2.91. The molecule has 3 rings (SSSR count). The summed E-state index contributed by atoms with van der Waals surface area (Å²) in [7, 11) is 0. The fourth-order valence-corrected chi connectivity index (χ4v) is 3.16. The molecule has 1 aliphatic rings. The van der Waals surface area contributed by atoms with Crippen LogP contribution in [0.2, 0.25) is 0 Å². The summed E-state index contributed by atoms with van der Waals surface area (Å²) in [5.74, 6) is 0.778. The van der Waals surface area contributed by atoms with Crippen molar-refractivity contribution in [1.29, 1.82) is 0 Å². The Kier molecular flexibility index (Phi) is 5.26. The molecule has 1 N–H and O–H groups in total. The molecule has 0 bridgehead atoms. The normalized spacial score (nSPS) is 12.7. The minimum absolute atomic E-state index is 0.0455. The first-order chi connectivity index (χ1) is 12.5. The van der Waals surface area contributed by atoms with Crippen LogP contribution in [0.15, 0.2) is 36.4 Å². The monoisotopic (exact) mass is 352 g/mol. The van der Waals surface area contributed by atoms with E-state index in [1.807, 2.05) is 50.2 Å². The molecule has 0 spiro atoms. The molecule has 0 fully saturated rings. The van der Waals surface area contributed by atoms with Crippen molar-refractivity contribution in [2.75, 3.05) is 23.4 Å². The number of amides is 2. The lowest BCUT2D eigenvalue weighted by Gasteiger charge is -2.15. The van der Waals surface area contributed by atoms with Crippen LogP contribution in [0.4, 0.5) is 11.4 Å². The number of nitrogens with one attached hydrogen (secondary N) is 1. The Morgan fingerprint density at radius 2 is 2.00 bits per heavy atom. The highest BCUT2D eigenvalue weighted by molar-refractivity contribution is 5.95. The number of aryl methyl sites for hydroxylation is 1. The molecular formula is C21H24N2O3. The molecule has 0 radical (unpaired) electrons. The lowest BCUT2D eigenvalue weighted by Crippen LogP contribution is -2.25. The Balaban J connectivity index is 1.54. The average molecular weight is 352 g/mol. The van der Waals surface area contributed by atoms with Gasteiger partial charge in [-0.1, -0.05) is 12.1 Å². The number of nitrogens with zero attached hydrogens (tertiary/aromatic N) is 1. The average Bonchev–Trinajstić information content (AvgIpc) is 3.02. The third-order valence-corrected chi connectivity index (χ3v) is 4.78. The molecule has 5 nitrogen and oxygen atoms in total. The van der Waals surface area contributed by atoms with Gasteiger partial charge in [0, 0.05) is 24.8 Å². The summed E-state index contributed by atoms with van der Waals surface area (Å²) in [5.41, 5.74) is 5.05. The summed E-state index contributed by atoms with van der Waals surface area (Å²) in [4.78, 5) is 25.5. The van der Waals surface area contributed by atoms with E-state index >= 15 is 0 Å². The van der Waals surface area contributed by atoms with Gasteiger partial charge in [-0.15, -0.1) is 0 Å². The summed E-state index contributed by atoms with van der Waals surface area (Å²) >= 11 is 0. The maximum absolute atomic E-state index is 12.2. The zero-order chi connectivity index (χ0) is 18.7. The van der Waals surface area contributed by atoms with Crippen molar-refractivity contribution >= 4 is 23.2 Å². The van der Waals surface area contributed by atoms with Crippen molar-refractivity contribution in [1.82, 2.24) is 0 Å². The smallest absolute Gasteiger partial charge is 0.227 e. The lowest BCUT2D eigenvalue weighted by molar-refractivity contribution is -0.117. The van der Waals surface area contributed by atoms with Crippen molar-refractivity contribution in [2.45, 2.75) is 33.6 Å². The molecule has 0 saturated heterocycles. The molecule has 2 aromatic carbocycles. The highest BCUT2D eigenvalue weighted by Gasteiger charge is 2.22. The number of benzene rings is 2. The van der Waals surface area contributed by atoms with Gasteiger partial charge in [-0.05, 0) is 61.2 Å². The molecule has 0 aliphatic carbocycles. The zero-order valence-corrected chi connectivity index (χ0v) is 15.5. The third kappa shape index (κ3) is 3.87. The summed E-state index contributed by atoms with van der Waals surface area (Å²) in [6.07, 6.45) is 1.10. The standard InChI is InChI=1S/C21H24N2O3/c1-14-5-4-6-20(15(14)2)26-12-10-21(25)22-18-7-8-19-17(13-18)9-11-23(19)16(3)24/h4-8,13H,9-12H2,1-3H3,(H,22,25). The van der Waals surface area contributed by atoms with E-state index in [1.165, 1.54) is 5.56 Å². The van der Waals surface area contributed by atoms with E-state index in [0.717, 1.165) is 34.7 Å². The van der Waals surface area contributed by atoms with E-state index in [4.69, 9.17) is 4.74 Å². The summed E-state index contributed by atoms with van der Waals surface area (Å²) in [6, 6.07) is 11.6. The second kappa shape index (κ2) is 7.60. The van der Waals surface area contributed by atoms with Crippen molar-refractivity contribution in [2.24, 2.45) is 0 Å². The van der Waals surface area contributed by atoms with Crippen molar-refractivity contribution in [3.8, 4) is 5.75 Å². The number of hydrogen-bond donors (Lipinski definition) is 1. The Morgan fingerprint density at radius 3 is 2.77 bits per heavy atom. The fraction of sp³-hybridized carbons (Fsp3) is 0.333. The van der Waals surface area contributed by atoms with E-state index in [-0.39, 0.29) is 18.2 Å². The number of carbonyl (C=O) groups is 2. The zero-order valence-electron chi connectivity index (χ0n) is 15.5. The van der Waals surface area contributed by atoms with Gasteiger partial charge < -0.3 is 15.0 Å². The van der Waals surface area contributed by atoms with Crippen molar-refractivity contribution in [3.63, 3.8) is 0 Å². The number of hydrogen-bond acceptors (Lipinski definition) is 3. The van der Waals surface area contributed by atoms with Crippen LogP contribution >= 0.6 is 0 Å². The van der Waals surface area contributed by atoms with E-state index in [1.54, 1.807) is 11.8 Å². The van der Waals surface area contributed by atoms with Gasteiger partial charge in [-0.2, -0.15) is 0 Å². The molecular weight excluding hydrogens is 328 g/mol. The fourth-order valence-electron chi connectivity index (χ4n) is 3.16. The number of fused-ring (bicyclic) bond motifs is 1. The largest absolute Gasteiger partial charge is 0.493 e. The van der Waals surface area contributed by atoms with Crippen LogP contribution in [0.5, 0.6) is 5.75 Å². The van der Waals surface area contributed by atoms with Gasteiger partial charge in [0.25, 0.3) is 0 Å². The number of anilines is 2. The van der Waals surface area contributed by atoms with Gasteiger partial charge in [0.1, 0.15) is 5.75 Å². The van der Waals surface area contributed by atoms with Crippen LogP contribution in [0.3, 0.4) is 0 Å². The Bertz CT molecular complexity index is 845. The molecule has 2 aromatic rings. The lowest BCUT2D eigenvalue weighted by atomic mass is 10.1. The molecule has 26 heavy (non-hydrogen) atoms. The van der Waals surface area contributed by atoms with Crippen LogP contribution in [0.1, 0.15) is 30.0 Å². The topological polar surface area (TPSA) is 58.6 Å². The van der Waals surface area contributed by atoms with Crippen molar-refractivity contribution in [3.05, 3.63) is 53.1 Å². The van der Waals surface area contributed by atoms with Crippen LogP contribution in [-0.4, -0.2) is 25.0 Å². The quantitative estimate of drug-likeness (QED) is 0.894. The number of carbonyl (C=O) groups excluding carboxylic acids is 2. The molecule has 0 saturated carbocycles. The van der Waals surface area contributed by atoms with Crippen LogP contribution in [0, 0.1) is 13.8 Å². The molecule has 1 heterocycles. The van der Waals surface area contributed by atoms with Gasteiger partial charge in [0.15, 0.2) is 0 Å². The highest BCUT2D eigenvalue weighted by Crippen LogP contribution is 2.30. The van der Waals surface area contributed by atoms with Crippen LogP contribution in [0.25, 0.3) is 0 Å². The highest BCUT2D eigenvalue weighted by atomic mass is 16.5. The van der Waals surface area contributed by atoms with Gasteiger partial charge in [-0.3, -0.25) is 9.59 Å². The predicted octanol–water partition coefficient (Wildman–Crippen LogP) is 3.62. The molecule has 136 valence electrons. The van der Waals surface area contributed by atoms with Gasteiger partial charge >= 0.3 is 0 Å². The predicted molar refractivity (Wildman–Crippen MR) is 103 cm³/mol. The van der Waals surface area contributed by atoms with Gasteiger partial charge in [0.2, 0.25) is 11.8 Å². The van der Waals surface area contributed by atoms with E-state index in [0.29, 0.717) is 13.2 Å². The van der Waals surface area contributed by atoms with E-state index in [2.05, 4.69) is 5.32 Å². The minimum Gasteiger partial charge on any atom is -0.493 e. The Hall–Kier alpha value is -2.82. The first-order valence-corrected chi connectivity index (χ1v) is 8.85. The SMILES string of the molecule is CC(=O)N1CCc2cc(NC(=O)CCOc3cccc(C)c3C)ccc21. The van der Waals surface area contributed by atoms with E-state index < -0.39 is 0 Å². The molecule has 1 aliphatic heterocycles. The van der Waals surface area contributed by atoms with E-state index in [9.17, 15) is 9.59 Å². The third-order valence-electron chi connectivity index (χ3n) is 4.78. The maximum Gasteiger partial charge on any atom is 0.227 e. The number of rotatable bonds is 5. The summed E-state index contributed by atoms with van der Waals surface area (Å²) < 4.78 is 5.74. The Labute approximate surface area is 154 Å². The van der Waals surface area contributed by atoms with Crippen molar-refractivity contribution < 1.29 is 14.3 Å². The van der Waals surface area contributed by atoms with Gasteiger partial charge in [0.05, 0.1) is 13.0 Å². The summed E-state index contributed by atoms with van der Waals surface area (Å²) in [6.45, 7) is 6.65. The Morgan fingerprint density at radius 1 is 1.19 bits per heavy atom. The van der Waals surface area contributed by atoms with Crippen LogP contribution in [-0.2, 0) is 16.0 Å². The second-order valence-electron chi connectivity index (χ2n) is 6.61. The maximum atomic E-state index is 12.2. The molecule has 5 heteroatoms. The first-order valence-electron chi connectivity index (χ1n) is 8.85. The molecule has 0 unspecified atom stereocenters.